The molecule has 0 bridgehead atoms. The Morgan fingerprint density at radius 1 is 1.08 bits per heavy atom. The number of thioether (sulfide) groups is 1. The van der Waals surface area contributed by atoms with Gasteiger partial charge in [-0.05, 0) is 36.6 Å². The predicted octanol–water partition coefficient (Wildman–Crippen LogP) is 4.54. The van der Waals surface area contributed by atoms with Crippen molar-refractivity contribution in [3.8, 4) is 0 Å². The number of carbonyl (C=O) groups excluding carboxylic acids is 1. The summed E-state index contributed by atoms with van der Waals surface area (Å²) in [5.41, 5.74) is 2.03. The molecule has 1 aliphatic heterocycles. The molecular weight excluding hydrogens is 347 g/mol. The number of likely N-dealkylation sites (tertiary alicyclic amines) is 1. The second-order valence-corrected chi connectivity index (χ2v) is 7.66. The van der Waals surface area contributed by atoms with Gasteiger partial charge in [-0.3, -0.25) is 4.79 Å². The predicted molar refractivity (Wildman–Crippen MR) is 104 cm³/mol. The Hall–Kier alpha value is -2.27. The molecule has 0 spiro atoms. The van der Waals surface area contributed by atoms with E-state index in [9.17, 15) is 9.18 Å². The number of benzene rings is 2. The monoisotopic (exact) mass is 368 g/mol. The first-order valence-electron chi connectivity index (χ1n) is 8.93. The van der Waals surface area contributed by atoms with Crippen LogP contribution in [0.5, 0.6) is 0 Å². The zero-order chi connectivity index (χ0) is 17.9. The SMILES string of the molecule is O=C(CSc1cn(Cc2cccc(F)c2)c2ccccc12)N1CCCC1. The van der Waals surface area contributed by atoms with E-state index in [1.54, 1.807) is 23.9 Å². The molecule has 0 unspecified atom stereocenters. The Labute approximate surface area is 156 Å². The van der Waals surface area contributed by atoms with Gasteiger partial charge in [0.15, 0.2) is 0 Å². The molecule has 1 saturated heterocycles. The maximum atomic E-state index is 13.5. The summed E-state index contributed by atoms with van der Waals surface area (Å²) in [4.78, 5) is 15.4. The number of aromatic nitrogens is 1. The van der Waals surface area contributed by atoms with Crippen LogP contribution < -0.4 is 0 Å². The molecule has 3 aromatic rings. The Morgan fingerprint density at radius 3 is 2.69 bits per heavy atom. The molecule has 0 N–H and O–H groups in total. The fourth-order valence-electron chi connectivity index (χ4n) is 3.49. The van der Waals surface area contributed by atoms with Crippen LogP contribution in [-0.4, -0.2) is 34.2 Å². The van der Waals surface area contributed by atoms with Crippen LogP contribution in [0, 0.1) is 5.82 Å². The minimum atomic E-state index is -0.218. The van der Waals surface area contributed by atoms with Gasteiger partial charge in [0.05, 0.1) is 5.75 Å². The molecule has 4 rings (SSSR count). The molecule has 26 heavy (non-hydrogen) atoms. The molecule has 3 nitrogen and oxygen atoms in total. The molecule has 1 amide bonds. The van der Waals surface area contributed by atoms with Crippen LogP contribution in [0.25, 0.3) is 10.9 Å². The van der Waals surface area contributed by atoms with Gasteiger partial charge in [-0.2, -0.15) is 0 Å². The fourth-order valence-corrected chi connectivity index (χ4v) is 4.48. The lowest BCUT2D eigenvalue weighted by Gasteiger charge is -2.14. The van der Waals surface area contributed by atoms with Crippen molar-refractivity contribution in [3.05, 3.63) is 66.1 Å². The van der Waals surface area contributed by atoms with E-state index in [1.165, 1.54) is 6.07 Å². The molecule has 0 radical (unpaired) electrons. The Kier molecular flexibility index (Phi) is 4.98. The Balaban J connectivity index is 1.56. The second kappa shape index (κ2) is 7.54. The maximum Gasteiger partial charge on any atom is 0.232 e. The van der Waals surface area contributed by atoms with Gasteiger partial charge in [0.2, 0.25) is 5.91 Å². The number of hydrogen-bond donors (Lipinski definition) is 0. The van der Waals surface area contributed by atoms with Gasteiger partial charge in [0.25, 0.3) is 0 Å². The van der Waals surface area contributed by atoms with Crippen molar-refractivity contribution in [1.29, 1.82) is 0 Å². The molecule has 134 valence electrons. The van der Waals surface area contributed by atoms with E-state index in [0.717, 1.165) is 47.3 Å². The van der Waals surface area contributed by atoms with Crippen LogP contribution in [-0.2, 0) is 11.3 Å². The van der Waals surface area contributed by atoms with E-state index in [0.29, 0.717) is 12.3 Å². The van der Waals surface area contributed by atoms with Crippen molar-refractivity contribution in [3.63, 3.8) is 0 Å². The summed E-state index contributed by atoms with van der Waals surface area (Å²) in [6, 6.07) is 14.9. The third-order valence-electron chi connectivity index (χ3n) is 4.80. The van der Waals surface area contributed by atoms with Crippen molar-refractivity contribution in [2.24, 2.45) is 0 Å². The second-order valence-electron chi connectivity index (χ2n) is 6.64. The average Bonchev–Trinajstić information content (AvgIpc) is 3.29. The zero-order valence-corrected chi connectivity index (χ0v) is 15.3. The third-order valence-corrected chi connectivity index (χ3v) is 5.83. The zero-order valence-electron chi connectivity index (χ0n) is 14.5. The lowest BCUT2D eigenvalue weighted by Crippen LogP contribution is -2.29. The highest BCUT2D eigenvalue weighted by Crippen LogP contribution is 2.31. The number of carbonyl (C=O) groups is 1. The average molecular weight is 368 g/mol. The highest BCUT2D eigenvalue weighted by Gasteiger charge is 2.18. The van der Waals surface area contributed by atoms with Crippen LogP contribution in [0.4, 0.5) is 4.39 Å². The molecule has 2 heterocycles. The number of nitrogens with zero attached hydrogens (tertiary/aromatic N) is 2. The number of rotatable bonds is 5. The van der Waals surface area contributed by atoms with E-state index in [-0.39, 0.29) is 11.7 Å². The highest BCUT2D eigenvalue weighted by molar-refractivity contribution is 8.00. The van der Waals surface area contributed by atoms with Crippen molar-refractivity contribution in [2.75, 3.05) is 18.8 Å². The van der Waals surface area contributed by atoms with Gasteiger partial charge in [-0.25, -0.2) is 4.39 Å². The van der Waals surface area contributed by atoms with Crippen LogP contribution in [0.3, 0.4) is 0 Å². The van der Waals surface area contributed by atoms with Crippen LogP contribution >= 0.6 is 11.8 Å². The number of fused-ring (bicyclic) bond motifs is 1. The number of halogens is 1. The molecule has 1 aliphatic rings. The molecule has 0 aliphatic carbocycles. The van der Waals surface area contributed by atoms with Gasteiger partial charge in [-0.15, -0.1) is 11.8 Å². The summed E-state index contributed by atoms with van der Waals surface area (Å²) in [5, 5.41) is 1.14. The lowest BCUT2D eigenvalue weighted by atomic mass is 10.2. The van der Waals surface area contributed by atoms with Crippen molar-refractivity contribution in [1.82, 2.24) is 9.47 Å². The fraction of sp³-hybridized carbons (Fsp3) is 0.286. The number of amides is 1. The molecule has 2 aromatic carbocycles. The molecule has 0 saturated carbocycles. The number of hydrogen-bond acceptors (Lipinski definition) is 2. The molecule has 5 heteroatoms. The summed E-state index contributed by atoms with van der Waals surface area (Å²) in [6.45, 7) is 2.39. The topological polar surface area (TPSA) is 25.2 Å². The van der Waals surface area contributed by atoms with Crippen LogP contribution in [0.1, 0.15) is 18.4 Å². The van der Waals surface area contributed by atoms with Crippen LogP contribution in [0.15, 0.2) is 59.6 Å². The van der Waals surface area contributed by atoms with E-state index in [1.807, 2.05) is 23.1 Å². The van der Waals surface area contributed by atoms with E-state index >= 15 is 0 Å². The van der Waals surface area contributed by atoms with Gasteiger partial charge < -0.3 is 9.47 Å². The molecule has 1 aromatic heterocycles. The smallest absolute Gasteiger partial charge is 0.232 e. The first-order chi connectivity index (χ1) is 12.7. The number of para-hydroxylation sites is 1. The summed E-state index contributed by atoms with van der Waals surface area (Å²) >= 11 is 1.59. The van der Waals surface area contributed by atoms with E-state index in [4.69, 9.17) is 0 Å². The van der Waals surface area contributed by atoms with Gasteiger partial charge >= 0.3 is 0 Å². The van der Waals surface area contributed by atoms with Crippen molar-refractivity contribution >= 4 is 28.6 Å². The third kappa shape index (κ3) is 3.63. The summed E-state index contributed by atoms with van der Waals surface area (Å²) in [6.07, 6.45) is 4.31. The molecule has 1 fully saturated rings. The Bertz CT molecular complexity index is 931. The molecule has 0 atom stereocenters. The van der Waals surface area contributed by atoms with Gasteiger partial charge in [-0.1, -0.05) is 30.3 Å². The normalized spacial score (nSPS) is 14.3. The standard InChI is InChI=1S/C21H21FN2OS/c22-17-7-5-6-16(12-17)13-24-14-20(18-8-1-2-9-19(18)24)26-15-21(25)23-10-3-4-11-23/h1-2,5-9,12,14H,3-4,10-11,13,15H2. The maximum absolute atomic E-state index is 13.5. The Morgan fingerprint density at radius 2 is 1.88 bits per heavy atom. The lowest BCUT2D eigenvalue weighted by molar-refractivity contribution is -0.127. The van der Waals surface area contributed by atoms with Gasteiger partial charge in [0.1, 0.15) is 5.82 Å². The minimum absolute atomic E-state index is 0.217. The van der Waals surface area contributed by atoms with Crippen LogP contribution in [0.2, 0.25) is 0 Å². The summed E-state index contributed by atoms with van der Waals surface area (Å²) < 4.78 is 15.6. The van der Waals surface area contributed by atoms with Gasteiger partial charge in [0, 0.05) is 41.6 Å². The quantitative estimate of drug-likeness (QED) is 0.618. The van der Waals surface area contributed by atoms with Crippen molar-refractivity contribution < 1.29 is 9.18 Å². The summed E-state index contributed by atoms with van der Waals surface area (Å²) in [5.74, 6) is 0.466. The minimum Gasteiger partial charge on any atom is -0.342 e. The first kappa shape index (κ1) is 17.2. The van der Waals surface area contributed by atoms with E-state index < -0.39 is 0 Å². The highest BCUT2D eigenvalue weighted by atomic mass is 32.2. The first-order valence-corrected chi connectivity index (χ1v) is 9.92. The largest absolute Gasteiger partial charge is 0.342 e. The van der Waals surface area contributed by atoms with Crippen molar-refractivity contribution in [2.45, 2.75) is 24.3 Å². The molecular formula is C21H21FN2OS. The summed E-state index contributed by atoms with van der Waals surface area (Å²) in [7, 11) is 0. The van der Waals surface area contributed by atoms with E-state index in [2.05, 4.69) is 22.9 Å².